The number of aliphatic hydroxyl groups is 1. The molecule has 3 unspecified atom stereocenters. The van der Waals surface area contributed by atoms with Crippen molar-refractivity contribution >= 4 is 23.3 Å². The van der Waals surface area contributed by atoms with Crippen molar-refractivity contribution in [2.45, 2.75) is 63.9 Å². The number of rotatable bonds is 13. The number of hydrogen-bond donors (Lipinski definition) is 4. The molecule has 198 valence electrons. The first-order chi connectivity index (χ1) is 17.8. The highest BCUT2D eigenvalue weighted by Crippen LogP contribution is 2.15. The quantitative estimate of drug-likeness (QED) is 0.271. The number of carbonyl (C=O) groups excluding carboxylic acids is 2. The van der Waals surface area contributed by atoms with Crippen LogP contribution >= 0.6 is 11.3 Å². The first-order valence-corrected chi connectivity index (χ1v) is 13.3. The summed E-state index contributed by atoms with van der Waals surface area (Å²) < 4.78 is 5.35. The SMILES string of the molecule is CC(C)[C@H](N)C(=O)NC(Cc1ccccc1)CC(O)C(Cc1ccccc1)NC(=O)OCc1cncs1. The van der Waals surface area contributed by atoms with Crippen molar-refractivity contribution in [1.82, 2.24) is 15.6 Å². The zero-order valence-corrected chi connectivity index (χ0v) is 22.1. The Bertz CT molecular complexity index is 1080. The Morgan fingerprint density at radius 2 is 1.62 bits per heavy atom. The van der Waals surface area contributed by atoms with Gasteiger partial charge < -0.3 is 26.2 Å². The van der Waals surface area contributed by atoms with E-state index in [1.54, 1.807) is 11.7 Å². The summed E-state index contributed by atoms with van der Waals surface area (Å²) in [6, 6.07) is 17.7. The first-order valence-electron chi connectivity index (χ1n) is 12.4. The standard InChI is InChI=1S/C28H36N4O4S/c1-19(2)26(29)27(34)31-22(13-20-9-5-3-6-10-20)15-25(33)24(14-21-11-7-4-8-12-21)32-28(35)36-17-23-16-30-18-37-23/h3-12,16,18-19,22,24-26,33H,13-15,17,29H2,1-2H3,(H,31,34)(H,32,35)/t22?,24?,25?,26-/m0/s1. The van der Waals surface area contributed by atoms with Crippen LogP contribution < -0.4 is 16.4 Å². The Morgan fingerprint density at radius 1 is 1.00 bits per heavy atom. The summed E-state index contributed by atoms with van der Waals surface area (Å²) >= 11 is 1.40. The van der Waals surface area contributed by atoms with Crippen molar-refractivity contribution in [2.24, 2.45) is 11.7 Å². The van der Waals surface area contributed by atoms with Crippen LogP contribution in [0.2, 0.25) is 0 Å². The Kier molecular flexibility index (Phi) is 11.1. The summed E-state index contributed by atoms with van der Waals surface area (Å²) in [7, 11) is 0. The molecule has 1 aromatic heterocycles. The van der Waals surface area contributed by atoms with Crippen LogP contribution in [0.5, 0.6) is 0 Å². The van der Waals surface area contributed by atoms with Crippen molar-refractivity contribution in [1.29, 1.82) is 0 Å². The first kappa shape index (κ1) is 28.3. The maximum Gasteiger partial charge on any atom is 0.407 e. The number of amides is 2. The van der Waals surface area contributed by atoms with Crippen LogP contribution in [0.25, 0.3) is 0 Å². The van der Waals surface area contributed by atoms with E-state index in [0.717, 1.165) is 16.0 Å². The molecule has 9 heteroatoms. The highest BCUT2D eigenvalue weighted by Gasteiger charge is 2.28. The van der Waals surface area contributed by atoms with Gasteiger partial charge in [-0.2, -0.15) is 0 Å². The number of aliphatic hydroxyl groups excluding tert-OH is 1. The molecular weight excluding hydrogens is 488 g/mol. The fourth-order valence-electron chi connectivity index (χ4n) is 3.94. The van der Waals surface area contributed by atoms with Gasteiger partial charge >= 0.3 is 6.09 Å². The second kappa shape index (κ2) is 14.5. The Hall–Kier alpha value is -3.27. The van der Waals surface area contributed by atoms with E-state index >= 15 is 0 Å². The van der Waals surface area contributed by atoms with E-state index in [9.17, 15) is 14.7 Å². The predicted octanol–water partition coefficient (Wildman–Crippen LogP) is 3.44. The fraction of sp³-hybridized carbons (Fsp3) is 0.393. The molecule has 0 saturated heterocycles. The number of nitrogens with two attached hydrogens (primary N) is 1. The fourth-order valence-corrected chi connectivity index (χ4v) is 4.45. The number of aromatic nitrogens is 1. The lowest BCUT2D eigenvalue weighted by Gasteiger charge is -2.29. The van der Waals surface area contributed by atoms with Gasteiger partial charge in [-0.3, -0.25) is 9.78 Å². The van der Waals surface area contributed by atoms with Gasteiger partial charge in [-0.25, -0.2) is 4.79 Å². The van der Waals surface area contributed by atoms with Gasteiger partial charge in [0, 0.05) is 12.2 Å². The van der Waals surface area contributed by atoms with Crippen LogP contribution in [0, 0.1) is 5.92 Å². The van der Waals surface area contributed by atoms with E-state index in [4.69, 9.17) is 10.5 Å². The van der Waals surface area contributed by atoms with Crippen molar-refractivity contribution < 1.29 is 19.4 Å². The van der Waals surface area contributed by atoms with E-state index in [1.807, 2.05) is 74.5 Å². The molecule has 0 radical (unpaired) electrons. The van der Waals surface area contributed by atoms with E-state index in [0.29, 0.717) is 12.8 Å². The molecule has 37 heavy (non-hydrogen) atoms. The average Bonchev–Trinajstić information content (AvgIpc) is 3.41. The molecule has 4 atom stereocenters. The topological polar surface area (TPSA) is 127 Å². The minimum Gasteiger partial charge on any atom is -0.444 e. The molecule has 5 N–H and O–H groups in total. The highest BCUT2D eigenvalue weighted by atomic mass is 32.1. The second-order valence-corrected chi connectivity index (χ2v) is 10.4. The third kappa shape index (κ3) is 9.60. The third-order valence-electron chi connectivity index (χ3n) is 6.11. The van der Waals surface area contributed by atoms with E-state index in [1.165, 1.54) is 11.3 Å². The molecule has 3 aromatic rings. The van der Waals surface area contributed by atoms with Gasteiger partial charge in [0.25, 0.3) is 0 Å². The van der Waals surface area contributed by atoms with Crippen LogP contribution in [-0.2, 0) is 29.0 Å². The van der Waals surface area contributed by atoms with E-state index in [-0.39, 0.29) is 30.9 Å². The van der Waals surface area contributed by atoms with E-state index < -0.39 is 24.3 Å². The summed E-state index contributed by atoms with van der Waals surface area (Å²) in [6.45, 7) is 3.89. The molecule has 2 amide bonds. The van der Waals surface area contributed by atoms with Crippen molar-refractivity contribution in [3.8, 4) is 0 Å². The minimum atomic E-state index is -0.958. The molecule has 0 bridgehead atoms. The van der Waals surface area contributed by atoms with Gasteiger partial charge in [0.05, 0.1) is 28.6 Å². The lowest BCUT2D eigenvalue weighted by molar-refractivity contribution is -0.124. The lowest BCUT2D eigenvalue weighted by Crippen LogP contribution is -2.52. The summed E-state index contributed by atoms with van der Waals surface area (Å²) in [5, 5.41) is 17.2. The Labute approximate surface area is 222 Å². The molecule has 1 heterocycles. The largest absolute Gasteiger partial charge is 0.444 e. The predicted molar refractivity (Wildman–Crippen MR) is 145 cm³/mol. The molecule has 3 rings (SSSR count). The Morgan fingerprint density at radius 3 is 2.19 bits per heavy atom. The van der Waals surface area contributed by atoms with Gasteiger partial charge in [0.1, 0.15) is 6.61 Å². The zero-order chi connectivity index (χ0) is 26.6. The lowest BCUT2D eigenvalue weighted by atomic mass is 9.93. The second-order valence-electron chi connectivity index (χ2n) is 9.45. The zero-order valence-electron chi connectivity index (χ0n) is 21.2. The van der Waals surface area contributed by atoms with Crippen LogP contribution in [0.4, 0.5) is 4.79 Å². The third-order valence-corrected chi connectivity index (χ3v) is 6.87. The monoisotopic (exact) mass is 524 g/mol. The molecular formula is C28H36N4O4S. The van der Waals surface area contributed by atoms with Gasteiger partial charge in [0.2, 0.25) is 5.91 Å². The van der Waals surface area contributed by atoms with Crippen LogP contribution in [0.15, 0.2) is 72.4 Å². The summed E-state index contributed by atoms with van der Waals surface area (Å²) in [4.78, 5) is 30.2. The summed E-state index contributed by atoms with van der Waals surface area (Å²) in [6.07, 6.45) is 1.20. The number of carbonyl (C=O) groups is 2. The average molecular weight is 525 g/mol. The smallest absolute Gasteiger partial charge is 0.407 e. The summed E-state index contributed by atoms with van der Waals surface area (Å²) in [5.41, 5.74) is 9.73. The number of hydrogen-bond acceptors (Lipinski definition) is 7. The number of thiazole rings is 1. The van der Waals surface area contributed by atoms with Crippen molar-refractivity contribution in [2.75, 3.05) is 0 Å². The highest BCUT2D eigenvalue weighted by molar-refractivity contribution is 7.09. The molecule has 0 fully saturated rings. The summed E-state index contributed by atoms with van der Waals surface area (Å²) in [5.74, 6) is -0.289. The minimum absolute atomic E-state index is 0.0249. The van der Waals surface area contributed by atoms with E-state index in [2.05, 4.69) is 15.6 Å². The maximum absolute atomic E-state index is 12.8. The molecule has 0 saturated carbocycles. The maximum atomic E-state index is 12.8. The van der Waals surface area contributed by atoms with Gasteiger partial charge in [-0.1, -0.05) is 74.5 Å². The van der Waals surface area contributed by atoms with Crippen LogP contribution in [0.3, 0.4) is 0 Å². The Balaban J connectivity index is 1.73. The van der Waals surface area contributed by atoms with Gasteiger partial charge in [0.15, 0.2) is 0 Å². The number of nitrogens with zero attached hydrogens (tertiary/aromatic N) is 1. The number of ether oxygens (including phenoxy) is 1. The number of alkyl carbamates (subject to hydrolysis) is 1. The molecule has 0 aliphatic heterocycles. The number of nitrogens with one attached hydrogen (secondary N) is 2. The van der Waals surface area contributed by atoms with Gasteiger partial charge in [-0.15, -0.1) is 11.3 Å². The van der Waals surface area contributed by atoms with Crippen LogP contribution in [-0.4, -0.2) is 46.3 Å². The molecule has 8 nitrogen and oxygen atoms in total. The van der Waals surface area contributed by atoms with Crippen molar-refractivity contribution in [3.05, 3.63) is 88.4 Å². The van der Waals surface area contributed by atoms with Crippen molar-refractivity contribution in [3.63, 3.8) is 0 Å². The molecule has 0 spiro atoms. The molecule has 0 aliphatic rings. The van der Waals surface area contributed by atoms with Gasteiger partial charge in [-0.05, 0) is 36.3 Å². The van der Waals surface area contributed by atoms with Crippen LogP contribution in [0.1, 0.15) is 36.3 Å². The normalized spacial score (nSPS) is 14.4. The molecule has 0 aliphatic carbocycles. The molecule has 2 aromatic carbocycles. The number of benzene rings is 2.